The number of nitrogens with one attached hydrogen (secondary N) is 3. The third-order valence-electron chi connectivity index (χ3n) is 5.33. The summed E-state index contributed by atoms with van der Waals surface area (Å²) < 4.78 is 0. The fourth-order valence-corrected chi connectivity index (χ4v) is 4.61. The third-order valence-corrected chi connectivity index (χ3v) is 6.20. The van der Waals surface area contributed by atoms with E-state index in [0.717, 1.165) is 12.1 Å². The van der Waals surface area contributed by atoms with E-state index < -0.39 is 0 Å². The molecule has 2 heterocycles. The van der Waals surface area contributed by atoms with Gasteiger partial charge in [0.2, 0.25) is 5.91 Å². The second-order valence-electron chi connectivity index (χ2n) is 7.10. The molecule has 1 aromatic heterocycles. The standard InChI is InChI=1S/C20H23N3O2S.ClH/c24-19(17-12-13-4-1-2-5-16(13)23-17)21-14-7-9-15(10-8-14)22-20(25)18-6-3-11-26-18;/h3,6-11,13,16-17,23H,1-2,4-5,12H2,(H,21,24)(H,22,25);1H. The van der Waals surface area contributed by atoms with Crippen LogP contribution < -0.4 is 16.0 Å². The lowest BCUT2D eigenvalue weighted by molar-refractivity contribution is -0.117. The zero-order valence-electron chi connectivity index (χ0n) is 14.9. The van der Waals surface area contributed by atoms with Crippen LogP contribution in [-0.4, -0.2) is 23.9 Å². The second kappa shape index (κ2) is 8.87. The van der Waals surface area contributed by atoms with Gasteiger partial charge in [-0.2, -0.15) is 0 Å². The van der Waals surface area contributed by atoms with Crippen molar-refractivity contribution in [3.8, 4) is 0 Å². The number of amides is 2. The summed E-state index contributed by atoms with van der Waals surface area (Å²) in [6, 6.07) is 11.3. The summed E-state index contributed by atoms with van der Waals surface area (Å²) in [5.41, 5.74) is 1.47. The van der Waals surface area contributed by atoms with E-state index in [2.05, 4.69) is 16.0 Å². The van der Waals surface area contributed by atoms with E-state index in [-0.39, 0.29) is 30.3 Å². The molecule has 27 heavy (non-hydrogen) atoms. The monoisotopic (exact) mass is 405 g/mol. The number of hydrogen-bond donors (Lipinski definition) is 3. The van der Waals surface area contributed by atoms with Gasteiger partial charge in [0, 0.05) is 17.4 Å². The smallest absolute Gasteiger partial charge is 0.265 e. The average Bonchev–Trinajstić information content (AvgIpc) is 3.33. The maximum Gasteiger partial charge on any atom is 0.265 e. The van der Waals surface area contributed by atoms with Gasteiger partial charge in [-0.25, -0.2) is 0 Å². The normalized spacial score (nSPS) is 23.8. The molecule has 7 heteroatoms. The molecule has 1 aliphatic carbocycles. The van der Waals surface area contributed by atoms with Gasteiger partial charge in [-0.3, -0.25) is 9.59 Å². The number of halogens is 1. The van der Waals surface area contributed by atoms with Crippen molar-refractivity contribution in [3.05, 3.63) is 46.7 Å². The fourth-order valence-electron chi connectivity index (χ4n) is 3.99. The molecule has 3 N–H and O–H groups in total. The van der Waals surface area contributed by atoms with Crippen LogP contribution in [0, 0.1) is 5.92 Å². The molecule has 4 rings (SSSR count). The first-order valence-corrected chi connectivity index (χ1v) is 10.1. The maximum absolute atomic E-state index is 12.5. The van der Waals surface area contributed by atoms with E-state index in [1.807, 2.05) is 35.7 Å². The van der Waals surface area contributed by atoms with Gasteiger partial charge in [-0.15, -0.1) is 23.7 Å². The molecule has 2 aromatic rings. The molecule has 5 nitrogen and oxygen atoms in total. The van der Waals surface area contributed by atoms with Crippen LogP contribution in [0.3, 0.4) is 0 Å². The highest BCUT2D eigenvalue weighted by molar-refractivity contribution is 7.12. The van der Waals surface area contributed by atoms with Crippen LogP contribution in [0.2, 0.25) is 0 Å². The molecule has 3 unspecified atom stereocenters. The minimum Gasteiger partial charge on any atom is -0.325 e. The molecule has 1 aliphatic heterocycles. The largest absolute Gasteiger partial charge is 0.325 e. The molecule has 2 fully saturated rings. The minimum absolute atomic E-state index is 0. The van der Waals surface area contributed by atoms with Crippen LogP contribution in [0.1, 0.15) is 41.8 Å². The van der Waals surface area contributed by atoms with Crippen molar-refractivity contribution < 1.29 is 9.59 Å². The number of benzene rings is 1. The molecule has 1 saturated heterocycles. The van der Waals surface area contributed by atoms with E-state index >= 15 is 0 Å². The summed E-state index contributed by atoms with van der Waals surface area (Å²) in [4.78, 5) is 25.3. The summed E-state index contributed by atoms with van der Waals surface area (Å²) in [5, 5.41) is 11.2. The number of thiophene rings is 1. The van der Waals surface area contributed by atoms with Crippen molar-refractivity contribution >= 4 is 46.9 Å². The Labute approximate surface area is 169 Å². The number of rotatable bonds is 4. The van der Waals surface area contributed by atoms with Gasteiger partial charge in [0.25, 0.3) is 5.91 Å². The Morgan fingerprint density at radius 2 is 1.70 bits per heavy atom. The molecule has 1 aromatic carbocycles. The van der Waals surface area contributed by atoms with Crippen molar-refractivity contribution in [1.82, 2.24) is 5.32 Å². The summed E-state index contributed by atoms with van der Waals surface area (Å²) in [6.07, 6.45) is 5.91. The lowest BCUT2D eigenvalue weighted by Gasteiger charge is -2.24. The van der Waals surface area contributed by atoms with Crippen LogP contribution in [-0.2, 0) is 4.79 Å². The molecule has 144 valence electrons. The Morgan fingerprint density at radius 3 is 2.37 bits per heavy atom. The molecular formula is C20H24ClN3O2S. The van der Waals surface area contributed by atoms with Crippen LogP contribution in [0.15, 0.2) is 41.8 Å². The van der Waals surface area contributed by atoms with E-state index in [1.165, 1.54) is 37.0 Å². The Morgan fingerprint density at radius 1 is 1.00 bits per heavy atom. The molecule has 3 atom stereocenters. The molecule has 0 spiro atoms. The summed E-state index contributed by atoms with van der Waals surface area (Å²) >= 11 is 1.41. The minimum atomic E-state index is -0.116. The quantitative estimate of drug-likeness (QED) is 0.710. The van der Waals surface area contributed by atoms with Gasteiger partial charge >= 0.3 is 0 Å². The van der Waals surface area contributed by atoms with Crippen LogP contribution in [0.4, 0.5) is 11.4 Å². The molecular weight excluding hydrogens is 382 g/mol. The van der Waals surface area contributed by atoms with Gasteiger partial charge in [-0.05, 0) is 60.9 Å². The first kappa shape index (κ1) is 19.9. The van der Waals surface area contributed by atoms with Gasteiger partial charge in [-0.1, -0.05) is 18.9 Å². The van der Waals surface area contributed by atoms with Crippen LogP contribution >= 0.6 is 23.7 Å². The van der Waals surface area contributed by atoms with Crippen molar-refractivity contribution in [2.45, 2.75) is 44.2 Å². The van der Waals surface area contributed by atoms with Crippen molar-refractivity contribution in [2.24, 2.45) is 5.92 Å². The number of carbonyl (C=O) groups excluding carboxylic acids is 2. The lowest BCUT2D eigenvalue weighted by atomic mass is 9.85. The molecule has 0 radical (unpaired) electrons. The first-order chi connectivity index (χ1) is 12.7. The van der Waals surface area contributed by atoms with Crippen molar-refractivity contribution in [3.63, 3.8) is 0 Å². The Kier molecular flexibility index (Phi) is 6.52. The maximum atomic E-state index is 12.5. The fraction of sp³-hybridized carbons (Fsp3) is 0.400. The Balaban J connectivity index is 0.00000210. The summed E-state index contributed by atoms with van der Waals surface area (Å²) in [6.45, 7) is 0. The van der Waals surface area contributed by atoms with Crippen LogP contribution in [0.25, 0.3) is 0 Å². The zero-order chi connectivity index (χ0) is 17.9. The SMILES string of the molecule is Cl.O=C(Nc1ccc(NC(=O)C2CC3CCCCC3N2)cc1)c1cccs1. The van der Waals surface area contributed by atoms with Crippen LogP contribution in [0.5, 0.6) is 0 Å². The van der Waals surface area contributed by atoms with E-state index in [1.54, 1.807) is 6.07 Å². The van der Waals surface area contributed by atoms with Gasteiger partial charge < -0.3 is 16.0 Å². The average molecular weight is 406 g/mol. The lowest BCUT2D eigenvalue weighted by Crippen LogP contribution is -2.39. The van der Waals surface area contributed by atoms with E-state index in [4.69, 9.17) is 0 Å². The van der Waals surface area contributed by atoms with Crippen molar-refractivity contribution in [2.75, 3.05) is 10.6 Å². The highest BCUT2D eigenvalue weighted by Crippen LogP contribution is 2.33. The predicted molar refractivity (Wildman–Crippen MR) is 112 cm³/mol. The van der Waals surface area contributed by atoms with Crippen molar-refractivity contribution in [1.29, 1.82) is 0 Å². The molecule has 1 saturated carbocycles. The van der Waals surface area contributed by atoms with E-state index in [0.29, 0.717) is 22.5 Å². The number of fused-ring (bicyclic) bond motifs is 1. The summed E-state index contributed by atoms with van der Waals surface area (Å²) in [7, 11) is 0. The molecule has 2 aliphatic rings. The van der Waals surface area contributed by atoms with E-state index in [9.17, 15) is 9.59 Å². The molecule has 2 amide bonds. The topological polar surface area (TPSA) is 70.2 Å². The third kappa shape index (κ3) is 4.69. The van der Waals surface area contributed by atoms with Gasteiger partial charge in [0.1, 0.15) is 0 Å². The second-order valence-corrected chi connectivity index (χ2v) is 8.05. The van der Waals surface area contributed by atoms with Gasteiger partial charge in [0.05, 0.1) is 10.9 Å². The molecule has 0 bridgehead atoms. The zero-order valence-corrected chi connectivity index (χ0v) is 16.6. The summed E-state index contributed by atoms with van der Waals surface area (Å²) in [5.74, 6) is 0.568. The number of carbonyl (C=O) groups is 2. The number of anilines is 2. The Bertz CT molecular complexity index is 765. The highest BCUT2D eigenvalue weighted by atomic mass is 35.5. The highest BCUT2D eigenvalue weighted by Gasteiger charge is 2.38. The Hall–Kier alpha value is -1.89. The van der Waals surface area contributed by atoms with Gasteiger partial charge in [0.15, 0.2) is 0 Å². The predicted octanol–water partition coefficient (Wildman–Crippen LogP) is 4.28. The first-order valence-electron chi connectivity index (χ1n) is 9.21. The number of hydrogen-bond acceptors (Lipinski definition) is 4.